The maximum Gasteiger partial charge on any atom is 0.338 e. The fourth-order valence-electron chi connectivity index (χ4n) is 5.87. The van der Waals surface area contributed by atoms with E-state index in [0.717, 1.165) is 84.8 Å². The first-order valence-electron chi connectivity index (χ1n) is 12.1. The fraction of sp³-hybridized carbons (Fsp3) is 0.520. The van der Waals surface area contributed by atoms with Crippen LogP contribution in [0.2, 0.25) is 0 Å². The van der Waals surface area contributed by atoms with Gasteiger partial charge in [0.15, 0.2) is 5.65 Å². The molecule has 3 aliphatic heterocycles. The number of nitrogens with zero attached hydrogens (tertiary/aromatic N) is 5. The second-order valence-electron chi connectivity index (χ2n) is 10.1. The first-order valence-corrected chi connectivity index (χ1v) is 12.1. The van der Waals surface area contributed by atoms with Crippen molar-refractivity contribution in [2.24, 2.45) is 5.41 Å². The van der Waals surface area contributed by atoms with Crippen molar-refractivity contribution in [3.05, 3.63) is 46.3 Å². The number of β-amino-alcohol motifs (C(OH)–C–C–N with tert-alkyl or cyclic N) is 1. The van der Waals surface area contributed by atoms with Crippen LogP contribution in [0.5, 0.6) is 0 Å². The van der Waals surface area contributed by atoms with Crippen molar-refractivity contribution in [3.8, 4) is 0 Å². The summed E-state index contributed by atoms with van der Waals surface area (Å²) in [6.07, 6.45) is 4.65. The molecule has 9 nitrogen and oxygen atoms in total. The number of carbonyl (C=O) groups excluding carboxylic acids is 1. The van der Waals surface area contributed by atoms with Crippen LogP contribution in [-0.2, 0) is 11.3 Å². The minimum absolute atomic E-state index is 0.268. The van der Waals surface area contributed by atoms with Gasteiger partial charge < -0.3 is 19.6 Å². The van der Waals surface area contributed by atoms with Crippen LogP contribution in [0.25, 0.3) is 11.0 Å². The Bertz CT molecular complexity index is 1260. The van der Waals surface area contributed by atoms with E-state index in [0.29, 0.717) is 18.7 Å². The molecule has 0 saturated carbocycles. The average molecular weight is 463 g/mol. The molecule has 0 amide bonds. The molecule has 34 heavy (non-hydrogen) atoms. The number of carbonyl (C=O) groups is 1. The highest BCUT2D eigenvalue weighted by molar-refractivity contribution is 5.94. The predicted molar refractivity (Wildman–Crippen MR) is 127 cm³/mol. The first kappa shape index (κ1) is 21.5. The Morgan fingerprint density at radius 3 is 2.82 bits per heavy atom. The van der Waals surface area contributed by atoms with Crippen LogP contribution in [0.15, 0.2) is 18.3 Å². The van der Waals surface area contributed by atoms with E-state index in [-0.39, 0.29) is 11.4 Å². The summed E-state index contributed by atoms with van der Waals surface area (Å²) in [6.45, 7) is 8.72. The highest BCUT2D eigenvalue weighted by Crippen LogP contribution is 2.42. The Morgan fingerprint density at radius 1 is 1.21 bits per heavy atom. The van der Waals surface area contributed by atoms with E-state index < -0.39 is 6.10 Å². The number of H-pyrrole nitrogens is 1. The molecule has 2 saturated heterocycles. The molecule has 0 bridgehead atoms. The van der Waals surface area contributed by atoms with Crippen LogP contribution in [0.1, 0.15) is 58.1 Å². The molecule has 6 rings (SSSR count). The van der Waals surface area contributed by atoms with Gasteiger partial charge in [0.25, 0.3) is 0 Å². The molecule has 9 heteroatoms. The van der Waals surface area contributed by atoms with Crippen molar-refractivity contribution in [1.82, 2.24) is 25.1 Å². The number of likely N-dealkylation sites (tertiary alicyclic amines) is 1. The number of anilines is 1. The van der Waals surface area contributed by atoms with Gasteiger partial charge in [0.1, 0.15) is 6.61 Å². The SMILES string of the molecule is Cc1c([C@@H](O)CN2CCC3(CC2)CCN(c2ncc4c(C)n[nH]c4n2)C3)ccc2c1COC2=O. The highest BCUT2D eigenvalue weighted by atomic mass is 16.5. The fourth-order valence-corrected chi connectivity index (χ4v) is 5.87. The Labute approximate surface area is 198 Å². The average Bonchev–Trinajstić information content (AvgIpc) is 3.54. The number of aliphatic hydroxyl groups excluding tert-OH is 1. The third-order valence-electron chi connectivity index (χ3n) is 8.13. The predicted octanol–water partition coefficient (Wildman–Crippen LogP) is 2.67. The molecule has 3 aromatic rings. The second kappa shape index (κ2) is 8.02. The van der Waals surface area contributed by atoms with Gasteiger partial charge in [0, 0.05) is 31.4 Å². The zero-order valence-corrected chi connectivity index (χ0v) is 19.7. The van der Waals surface area contributed by atoms with Gasteiger partial charge in [-0.15, -0.1) is 0 Å². The van der Waals surface area contributed by atoms with Gasteiger partial charge in [-0.2, -0.15) is 10.1 Å². The zero-order chi connectivity index (χ0) is 23.4. The minimum Gasteiger partial charge on any atom is -0.457 e. The molecule has 0 aliphatic carbocycles. The van der Waals surface area contributed by atoms with Crippen molar-refractivity contribution in [2.75, 3.05) is 37.6 Å². The van der Waals surface area contributed by atoms with E-state index in [1.165, 1.54) is 0 Å². The lowest BCUT2D eigenvalue weighted by Gasteiger charge is -2.40. The summed E-state index contributed by atoms with van der Waals surface area (Å²) >= 11 is 0. The van der Waals surface area contributed by atoms with Gasteiger partial charge in [-0.05, 0) is 68.8 Å². The third-order valence-corrected chi connectivity index (χ3v) is 8.13. The molecule has 2 fully saturated rings. The second-order valence-corrected chi connectivity index (χ2v) is 10.1. The molecule has 1 aromatic carbocycles. The summed E-state index contributed by atoms with van der Waals surface area (Å²) in [6, 6.07) is 3.67. The number of fused-ring (bicyclic) bond motifs is 2. The van der Waals surface area contributed by atoms with Crippen molar-refractivity contribution >= 4 is 23.0 Å². The monoisotopic (exact) mass is 462 g/mol. The standard InChI is InChI=1S/C25H30N6O3/c1-15-17(3-4-18-20(15)13-34-23(18)33)21(32)12-30-8-5-25(6-9-30)7-10-31(14-25)24-26-11-19-16(2)28-29-22(19)27-24/h3-4,11,21,32H,5-10,12-14H2,1-2H3,(H,26,27,28,29)/t21-/m0/s1. The largest absolute Gasteiger partial charge is 0.457 e. The number of aryl methyl sites for hydroxylation is 1. The summed E-state index contributed by atoms with van der Waals surface area (Å²) in [5.74, 6) is 0.511. The lowest BCUT2D eigenvalue weighted by molar-refractivity contribution is 0.0534. The number of rotatable bonds is 4. The molecular formula is C25H30N6O3. The van der Waals surface area contributed by atoms with E-state index in [4.69, 9.17) is 9.72 Å². The van der Waals surface area contributed by atoms with E-state index in [1.807, 2.05) is 26.1 Å². The number of benzene rings is 1. The van der Waals surface area contributed by atoms with Crippen LogP contribution >= 0.6 is 0 Å². The van der Waals surface area contributed by atoms with E-state index in [1.54, 1.807) is 6.07 Å². The van der Waals surface area contributed by atoms with Crippen LogP contribution in [0.4, 0.5) is 5.95 Å². The maximum atomic E-state index is 11.8. The van der Waals surface area contributed by atoms with Crippen LogP contribution in [0.3, 0.4) is 0 Å². The molecule has 2 N–H and O–H groups in total. The van der Waals surface area contributed by atoms with Gasteiger partial charge in [-0.25, -0.2) is 9.78 Å². The van der Waals surface area contributed by atoms with Crippen LogP contribution < -0.4 is 4.90 Å². The third kappa shape index (κ3) is 3.54. The number of aromatic nitrogens is 4. The molecule has 178 valence electrons. The number of hydrogen-bond donors (Lipinski definition) is 2. The molecule has 1 spiro atoms. The Kier molecular flexibility index (Phi) is 5.07. The van der Waals surface area contributed by atoms with Gasteiger partial charge >= 0.3 is 5.97 Å². The van der Waals surface area contributed by atoms with Crippen molar-refractivity contribution in [1.29, 1.82) is 0 Å². The van der Waals surface area contributed by atoms with Crippen molar-refractivity contribution in [2.45, 2.75) is 45.8 Å². The first-order chi connectivity index (χ1) is 16.4. The Hall–Kier alpha value is -3.04. The molecule has 5 heterocycles. The zero-order valence-electron chi connectivity index (χ0n) is 19.7. The molecule has 0 radical (unpaired) electrons. The topological polar surface area (TPSA) is 107 Å². The quantitative estimate of drug-likeness (QED) is 0.570. The number of piperidine rings is 1. The summed E-state index contributed by atoms with van der Waals surface area (Å²) < 4.78 is 5.16. The number of nitrogens with one attached hydrogen (secondary N) is 1. The van der Waals surface area contributed by atoms with Gasteiger partial charge in [0.2, 0.25) is 5.95 Å². The van der Waals surface area contributed by atoms with Crippen LogP contribution in [0, 0.1) is 19.3 Å². The van der Waals surface area contributed by atoms with Crippen LogP contribution in [-0.4, -0.2) is 68.9 Å². The summed E-state index contributed by atoms with van der Waals surface area (Å²) in [5, 5.41) is 19.2. The molecule has 1 atom stereocenters. The van der Waals surface area contributed by atoms with Crippen molar-refractivity contribution in [3.63, 3.8) is 0 Å². The summed E-state index contributed by atoms with van der Waals surface area (Å²) in [5.41, 5.74) is 5.41. The Morgan fingerprint density at radius 2 is 2.00 bits per heavy atom. The van der Waals surface area contributed by atoms with Gasteiger partial charge in [-0.3, -0.25) is 5.10 Å². The number of hydrogen-bond acceptors (Lipinski definition) is 8. The minimum atomic E-state index is -0.576. The number of ether oxygens (including phenoxy) is 1. The maximum absolute atomic E-state index is 11.8. The summed E-state index contributed by atoms with van der Waals surface area (Å²) in [4.78, 5) is 25.8. The van der Waals surface area contributed by atoms with E-state index in [2.05, 4.69) is 25.0 Å². The Balaban J connectivity index is 1.08. The number of aliphatic hydroxyl groups is 1. The molecule has 3 aliphatic rings. The number of aromatic amines is 1. The molecule has 0 unspecified atom stereocenters. The highest BCUT2D eigenvalue weighted by Gasteiger charge is 2.41. The normalized spacial score (nSPS) is 20.8. The molecular weight excluding hydrogens is 432 g/mol. The van der Waals surface area contributed by atoms with Gasteiger partial charge in [-0.1, -0.05) is 6.07 Å². The smallest absolute Gasteiger partial charge is 0.338 e. The summed E-state index contributed by atoms with van der Waals surface area (Å²) in [7, 11) is 0. The molecule has 2 aromatic heterocycles. The van der Waals surface area contributed by atoms with Gasteiger partial charge in [0.05, 0.1) is 22.7 Å². The van der Waals surface area contributed by atoms with Crippen molar-refractivity contribution < 1.29 is 14.6 Å². The number of cyclic esters (lactones) is 1. The lowest BCUT2D eigenvalue weighted by atomic mass is 9.77. The number of esters is 1. The van der Waals surface area contributed by atoms with E-state index in [9.17, 15) is 9.90 Å². The van der Waals surface area contributed by atoms with E-state index >= 15 is 0 Å². The lowest BCUT2D eigenvalue weighted by Crippen LogP contribution is -2.43.